The number of sulfonamides is 1. The summed E-state index contributed by atoms with van der Waals surface area (Å²) in [6, 6.07) is 14.8. The van der Waals surface area contributed by atoms with Gasteiger partial charge in [-0.15, -0.1) is 10.2 Å². The number of carbonyl (C=O) groups excluding carboxylic acids is 1. The largest absolute Gasteiger partial charge is 0.497 e. The number of piperazine rings is 1. The van der Waals surface area contributed by atoms with Gasteiger partial charge in [0.2, 0.25) is 9.47 Å². The van der Waals surface area contributed by atoms with Gasteiger partial charge in [-0.2, -0.15) is 4.31 Å². The summed E-state index contributed by atoms with van der Waals surface area (Å²) in [6.45, 7) is 3.67. The summed E-state index contributed by atoms with van der Waals surface area (Å²) < 4.78 is 32.5. The molecule has 32 heavy (non-hydrogen) atoms. The number of hydrogen-bond donors (Lipinski definition) is 1. The molecule has 0 radical (unpaired) electrons. The Morgan fingerprint density at radius 1 is 1.06 bits per heavy atom. The van der Waals surface area contributed by atoms with E-state index in [4.69, 9.17) is 4.74 Å². The van der Waals surface area contributed by atoms with Crippen LogP contribution in [0.5, 0.6) is 5.75 Å². The van der Waals surface area contributed by atoms with Crippen molar-refractivity contribution in [2.24, 2.45) is 0 Å². The van der Waals surface area contributed by atoms with Crippen molar-refractivity contribution in [1.29, 1.82) is 0 Å². The molecule has 0 unspecified atom stereocenters. The Morgan fingerprint density at radius 2 is 1.78 bits per heavy atom. The first-order chi connectivity index (χ1) is 15.4. The number of ether oxygens (including phenoxy) is 1. The summed E-state index contributed by atoms with van der Waals surface area (Å²) in [5.41, 5.74) is 2.44. The van der Waals surface area contributed by atoms with E-state index in [1.54, 1.807) is 25.3 Å². The van der Waals surface area contributed by atoms with Crippen molar-refractivity contribution in [3.8, 4) is 5.75 Å². The summed E-state index contributed by atoms with van der Waals surface area (Å²) in [5.74, 6) is 0.415. The van der Waals surface area contributed by atoms with E-state index in [-0.39, 0.29) is 15.4 Å². The van der Waals surface area contributed by atoms with Crippen molar-refractivity contribution in [2.45, 2.75) is 11.3 Å². The molecule has 1 amide bonds. The summed E-state index contributed by atoms with van der Waals surface area (Å²) in [6.07, 6.45) is 0. The maximum Gasteiger partial charge on any atom is 0.272 e. The number of anilines is 2. The molecule has 1 aliphatic rings. The molecule has 2 aromatic carbocycles. The molecule has 2 heterocycles. The Morgan fingerprint density at radius 3 is 2.44 bits per heavy atom. The fraction of sp³-hybridized carbons (Fsp3) is 0.286. The SMILES string of the molecule is COc1ccc(N2CCN(S(=O)(=O)c3nnc(NC(=O)c4cccc(C)c4)s3)CC2)cc1. The van der Waals surface area contributed by atoms with Gasteiger partial charge in [-0.3, -0.25) is 10.1 Å². The van der Waals surface area contributed by atoms with Gasteiger partial charge in [-0.05, 0) is 43.3 Å². The van der Waals surface area contributed by atoms with Crippen molar-refractivity contribution in [3.63, 3.8) is 0 Å². The molecule has 1 saturated heterocycles. The molecular weight excluding hydrogens is 450 g/mol. The predicted octanol–water partition coefficient (Wildman–Crippen LogP) is 2.62. The van der Waals surface area contributed by atoms with E-state index < -0.39 is 10.0 Å². The second kappa shape index (κ2) is 9.23. The van der Waals surface area contributed by atoms with Gasteiger partial charge in [-0.1, -0.05) is 29.0 Å². The molecule has 0 atom stereocenters. The van der Waals surface area contributed by atoms with Crippen LogP contribution in [0.4, 0.5) is 10.8 Å². The molecule has 1 fully saturated rings. The van der Waals surface area contributed by atoms with Crippen molar-refractivity contribution in [3.05, 3.63) is 59.7 Å². The number of nitrogens with one attached hydrogen (secondary N) is 1. The highest BCUT2D eigenvalue weighted by atomic mass is 32.2. The lowest BCUT2D eigenvalue weighted by Gasteiger charge is -2.34. The number of aromatic nitrogens is 2. The first-order valence-electron chi connectivity index (χ1n) is 9.97. The van der Waals surface area contributed by atoms with Crippen LogP contribution in [0, 0.1) is 6.92 Å². The number of amides is 1. The zero-order valence-electron chi connectivity index (χ0n) is 17.7. The Bertz CT molecular complexity index is 1200. The lowest BCUT2D eigenvalue weighted by molar-refractivity contribution is 0.102. The molecule has 168 valence electrons. The lowest BCUT2D eigenvalue weighted by atomic mass is 10.1. The third kappa shape index (κ3) is 4.74. The minimum absolute atomic E-state index is 0.130. The molecule has 9 nitrogen and oxygen atoms in total. The van der Waals surface area contributed by atoms with Gasteiger partial charge in [0.15, 0.2) is 0 Å². The molecule has 0 aliphatic carbocycles. The van der Waals surface area contributed by atoms with Gasteiger partial charge >= 0.3 is 0 Å². The zero-order valence-corrected chi connectivity index (χ0v) is 19.3. The number of rotatable bonds is 6. The summed E-state index contributed by atoms with van der Waals surface area (Å²) in [5, 5.41) is 10.4. The Kier molecular flexibility index (Phi) is 6.40. The maximum absolute atomic E-state index is 13.0. The fourth-order valence-corrected chi connectivity index (χ4v) is 5.87. The Balaban J connectivity index is 1.40. The topological polar surface area (TPSA) is 105 Å². The van der Waals surface area contributed by atoms with Crippen LogP contribution in [0.25, 0.3) is 0 Å². The fourth-order valence-electron chi connectivity index (χ4n) is 3.41. The van der Waals surface area contributed by atoms with Crippen LogP contribution in [-0.4, -0.2) is 62.1 Å². The standard InChI is InChI=1S/C21H23N5O4S2/c1-15-4-3-5-16(14-15)19(27)22-20-23-24-21(31-20)32(28,29)26-12-10-25(11-13-26)17-6-8-18(30-2)9-7-17/h3-9,14H,10-13H2,1-2H3,(H,22,23,27). The predicted molar refractivity (Wildman–Crippen MR) is 123 cm³/mol. The highest BCUT2D eigenvalue weighted by Crippen LogP contribution is 2.26. The third-order valence-corrected chi connectivity index (χ3v) is 8.23. The van der Waals surface area contributed by atoms with E-state index in [9.17, 15) is 13.2 Å². The van der Waals surface area contributed by atoms with Crippen molar-refractivity contribution < 1.29 is 17.9 Å². The van der Waals surface area contributed by atoms with Gasteiger partial charge < -0.3 is 9.64 Å². The van der Waals surface area contributed by atoms with Gasteiger partial charge in [0.05, 0.1) is 7.11 Å². The Hall–Kier alpha value is -3.02. The van der Waals surface area contributed by atoms with Crippen molar-refractivity contribution >= 4 is 38.1 Å². The number of methoxy groups -OCH3 is 1. The first-order valence-corrected chi connectivity index (χ1v) is 12.2. The third-order valence-electron chi connectivity index (χ3n) is 5.14. The molecule has 0 spiro atoms. The molecule has 1 aromatic heterocycles. The lowest BCUT2D eigenvalue weighted by Crippen LogP contribution is -2.48. The van der Waals surface area contributed by atoms with Crippen molar-refractivity contribution in [1.82, 2.24) is 14.5 Å². The van der Waals surface area contributed by atoms with Gasteiger partial charge in [0.25, 0.3) is 15.9 Å². The molecule has 1 N–H and O–H groups in total. The van der Waals surface area contributed by atoms with Gasteiger partial charge in [0.1, 0.15) is 5.75 Å². The van der Waals surface area contributed by atoms with Crippen LogP contribution < -0.4 is 15.0 Å². The summed E-state index contributed by atoms with van der Waals surface area (Å²) in [7, 11) is -2.17. The van der Waals surface area contributed by atoms with Crippen LogP contribution in [0.3, 0.4) is 0 Å². The molecular formula is C21H23N5O4S2. The number of aryl methyl sites for hydroxylation is 1. The van der Waals surface area contributed by atoms with Crippen LogP contribution in [0.1, 0.15) is 15.9 Å². The number of benzene rings is 2. The average molecular weight is 474 g/mol. The molecule has 4 rings (SSSR count). The number of hydrogen-bond acceptors (Lipinski definition) is 8. The number of nitrogens with zero attached hydrogens (tertiary/aromatic N) is 4. The summed E-state index contributed by atoms with van der Waals surface area (Å²) in [4.78, 5) is 14.5. The van der Waals surface area contributed by atoms with Gasteiger partial charge in [0, 0.05) is 37.4 Å². The van der Waals surface area contributed by atoms with E-state index >= 15 is 0 Å². The average Bonchev–Trinajstić information content (AvgIpc) is 3.28. The van der Waals surface area contributed by atoms with Crippen molar-refractivity contribution in [2.75, 3.05) is 43.5 Å². The second-order valence-electron chi connectivity index (χ2n) is 7.29. The number of carbonyl (C=O) groups is 1. The van der Waals surface area contributed by atoms with E-state index in [2.05, 4.69) is 20.4 Å². The second-order valence-corrected chi connectivity index (χ2v) is 10.4. The quantitative estimate of drug-likeness (QED) is 0.549. The van der Waals surface area contributed by atoms with E-state index in [0.717, 1.165) is 28.3 Å². The zero-order chi connectivity index (χ0) is 22.7. The molecule has 0 saturated carbocycles. The smallest absolute Gasteiger partial charge is 0.272 e. The first kappa shape index (κ1) is 22.2. The van der Waals surface area contributed by atoms with E-state index in [1.807, 2.05) is 37.3 Å². The van der Waals surface area contributed by atoms with E-state index in [0.29, 0.717) is 31.7 Å². The van der Waals surface area contributed by atoms with E-state index in [1.165, 1.54) is 4.31 Å². The molecule has 0 bridgehead atoms. The maximum atomic E-state index is 13.0. The Labute approximate surface area is 190 Å². The summed E-state index contributed by atoms with van der Waals surface area (Å²) >= 11 is 0.851. The van der Waals surface area contributed by atoms with Crippen LogP contribution in [0.15, 0.2) is 52.9 Å². The normalized spacial score (nSPS) is 14.9. The molecule has 11 heteroatoms. The highest BCUT2D eigenvalue weighted by molar-refractivity contribution is 7.91. The van der Waals surface area contributed by atoms with Crippen LogP contribution in [0.2, 0.25) is 0 Å². The molecule has 3 aromatic rings. The van der Waals surface area contributed by atoms with Gasteiger partial charge in [-0.25, -0.2) is 8.42 Å². The molecule has 1 aliphatic heterocycles. The highest BCUT2D eigenvalue weighted by Gasteiger charge is 2.32. The minimum atomic E-state index is -3.78. The van der Waals surface area contributed by atoms with Crippen LogP contribution >= 0.6 is 11.3 Å². The monoisotopic (exact) mass is 473 g/mol. The van der Waals surface area contributed by atoms with Crippen LogP contribution in [-0.2, 0) is 10.0 Å². The minimum Gasteiger partial charge on any atom is -0.497 e.